The quantitative estimate of drug-likeness (QED) is 0.615. The fourth-order valence-corrected chi connectivity index (χ4v) is 3.13. The third kappa shape index (κ3) is 4.05. The Balaban J connectivity index is 2.27. The van der Waals surface area contributed by atoms with Gasteiger partial charge in [0, 0.05) is 0 Å². The number of amides is 2. The summed E-state index contributed by atoms with van der Waals surface area (Å²) in [6.07, 6.45) is 0. The number of phenols is 1. The first-order valence-electron chi connectivity index (χ1n) is 6.07. The van der Waals surface area contributed by atoms with E-state index in [1.165, 1.54) is 12.1 Å². The van der Waals surface area contributed by atoms with Crippen molar-refractivity contribution in [3.05, 3.63) is 46.4 Å². The third-order valence-corrected chi connectivity index (χ3v) is 4.48. The van der Waals surface area contributed by atoms with Gasteiger partial charge in [-0.3, -0.25) is 0 Å². The molecule has 2 rings (SSSR count). The number of carbonyl (C=O) groups is 1. The number of primary sulfonamides is 1. The number of nitrogens with two attached hydrogens (primary N) is 1. The fourth-order valence-electron chi connectivity index (χ4n) is 1.76. The Morgan fingerprint density at radius 1 is 1.00 bits per heavy atom. The fraction of sp³-hybridized carbons (Fsp3) is 0. The van der Waals surface area contributed by atoms with Crippen LogP contribution in [0, 0.1) is 0 Å². The average molecular weight is 376 g/mol. The molecule has 0 heterocycles. The van der Waals surface area contributed by atoms with Gasteiger partial charge in [0.25, 0.3) is 0 Å². The van der Waals surface area contributed by atoms with Crippen LogP contribution >= 0.6 is 23.2 Å². The van der Waals surface area contributed by atoms with Crippen LogP contribution in [0.1, 0.15) is 0 Å². The van der Waals surface area contributed by atoms with E-state index >= 15 is 0 Å². The molecule has 0 aliphatic heterocycles. The van der Waals surface area contributed by atoms with Gasteiger partial charge in [0.05, 0.1) is 21.4 Å². The summed E-state index contributed by atoms with van der Waals surface area (Å²) >= 11 is 11.6. The summed E-state index contributed by atoms with van der Waals surface area (Å²) in [4.78, 5) is 11.3. The number of anilines is 2. The van der Waals surface area contributed by atoms with Crippen molar-refractivity contribution in [3.8, 4) is 5.75 Å². The second kappa shape index (κ2) is 6.63. The minimum Gasteiger partial charge on any atom is -0.504 e. The zero-order valence-corrected chi connectivity index (χ0v) is 13.7. The first-order valence-corrected chi connectivity index (χ1v) is 8.37. The largest absolute Gasteiger partial charge is 0.504 e. The summed E-state index contributed by atoms with van der Waals surface area (Å²) < 4.78 is 22.9. The predicted octanol–water partition coefficient (Wildman–Crippen LogP) is 2.99. The van der Waals surface area contributed by atoms with Crippen LogP contribution in [0.4, 0.5) is 16.2 Å². The van der Waals surface area contributed by atoms with Crippen molar-refractivity contribution < 1.29 is 18.3 Å². The molecule has 10 heteroatoms. The number of sulfonamides is 1. The Bertz CT molecular complexity index is 872. The number of para-hydroxylation sites is 1. The molecule has 0 spiro atoms. The highest BCUT2D eigenvalue weighted by atomic mass is 35.5. The zero-order valence-electron chi connectivity index (χ0n) is 11.4. The van der Waals surface area contributed by atoms with Crippen molar-refractivity contribution in [2.24, 2.45) is 5.14 Å². The third-order valence-electron chi connectivity index (χ3n) is 2.74. The molecule has 23 heavy (non-hydrogen) atoms. The molecule has 122 valence electrons. The molecule has 0 unspecified atom stereocenters. The van der Waals surface area contributed by atoms with E-state index in [1.54, 1.807) is 24.3 Å². The molecular formula is C13H11Cl2N3O4S. The number of aromatic hydroxyl groups is 1. The lowest BCUT2D eigenvalue weighted by Crippen LogP contribution is -2.20. The standard InChI is InChI=1S/C13H11Cl2N3O4S/c14-7-3-1-2-4-9(7)17-13(20)18-10-6-5-8(15)12(11(10)19)23(16,21)22/h1-6,19H,(H2,16,21,22)(H2,17,18,20). The number of rotatable bonds is 3. The minimum atomic E-state index is -4.26. The highest BCUT2D eigenvalue weighted by Gasteiger charge is 2.22. The molecule has 2 aromatic rings. The summed E-state index contributed by atoms with van der Waals surface area (Å²) in [6, 6.07) is 8.19. The van der Waals surface area contributed by atoms with E-state index in [0.717, 1.165) is 0 Å². The lowest BCUT2D eigenvalue weighted by atomic mass is 10.3. The number of hydrogen-bond acceptors (Lipinski definition) is 4. The van der Waals surface area contributed by atoms with Gasteiger partial charge in [-0.1, -0.05) is 35.3 Å². The first kappa shape index (κ1) is 17.4. The minimum absolute atomic E-state index is 0.178. The van der Waals surface area contributed by atoms with Gasteiger partial charge < -0.3 is 15.7 Å². The molecule has 0 aliphatic rings. The van der Waals surface area contributed by atoms with Crippen LogP contribution in [0.15, 0.2) is 41.3 Å². The average Bonchev–Trinajstić information content (AvgIpc) is 2.43. The lowest BCUT2D eigenvalue weighted by molar-refractivity contribution is 0.262. The smallest absolute Gasteiger partial charge is 0.323 e. The predicted molar refractivity (Wildman–Crippen MR) is 88.6 cm³/mol. The number of urea groups is 1. The van der Waals surface area contributed by atoms with Gasteiger partial charge in [0.15, 0.2) is 5.75 Å². The molecule has 0 bridgehead atoms. The van der Waals surface area contributed by atoms with Crippen LogP contribution in [0.3, 0.4) is 0 Å². The summed E-state index contributed by atoms with van der Waals surface area (Å²) in [5.41, 5.74) is 0.162. The molecule has 0 radical (unpaired) electrons. The Morgan fingerprint density at radius 2 is 1.61 bits per heavy atom. The van der Waals surface area contributed by atoms with Gasteiger partial charge in [-0.25, -0.2) is 18.4 Å². The molecule has 0 aliphatic carbocycles. The molecular weight excluding hydrogens is 365 g/mol. The van der Waals surface area contributed by atoms with Crippen molar-refractivity contribution in [1.29, 1.82) is 0 Å². The first-order chi connectivity index (χ1) is 10.7. The highest BCUT2D eigenvalue weighted by molar-refractivity contribution is 7.89. The normalized spacial score (nSPS) is 11.1. The molecule has 0 aromatic heterocycles. The Hall–Kier alpha value is -2.00. The number of hydrogen-bond donors (Lipinski definition) is 4. The number of phenolic OH excluding ortho intramolecular Hbond substituents is 1. The van der Waals surface area contributed by atoms with Gasteiger partial charge in [0.2, 0.25) is 10.0 Å². The zero-order chi connectivity index (χ0) is 17.2. The number of benzene rings is 2. The summed E-state index contributed by atoms with van der Waals surface area (Å²) in [7, 11) is -4.26. The van der Waals surface area contributed by atoms with Crippen LogP contribution in [-0.2, 0) is 10.0 Å². The van der Waals surface area contributed by atoms with Gasteiger partial charge in [-0.05, 0) is 24.3 Å². The van der Waals surface area contributed by atoms with E-state index in [1.807, 2.05) is 0 Å². The Kier molecular flexibility index (Phi) is 5.00. The number of carbonyl (C=O) groups excluding carboxylic acids is 1. The van der Waals surface area contributed by atoms with Crippen LogP contribution in [-0.4, -0.2) is 19.6 Å². The second-order valence-electron chi connectivity index (χ2n) is 4.38. The summed E-state index contributed by atoms with van der Waals surface area (Å²) in [5, 5.41) is 19.7. The molecule has 5 N–H and O–H groups in total. The van der Waals surface area contributed by atoms with E-state index < -0.39 is 26.7 Å². The van der Waals surface area contributed by atoms with E-state index in [9.17, 15) is 18.3 Å². The highest BCUT2D eigenvalue weighted by Crippen LogP contribution is 2.36. The summed E-state index contributed by atoms with van der Waals surface area (Å²) in [6.45, 7) is 0. The van der Waals surface area contributed by atoms with Crippen LogP contribution in [0.25, 0.3) is 0 Å². The van der Waals surface area contributed by atoms with Crippen molar-refractivity contribution in [2.45, 2.75) is 4.90 Å². The SMILES string of the molecule is NS(=O)(=O)c1c(Cl)ccc(NC(=O)Nc2ccccc2Cl)c1O. The Labute approximate surface area is 142 Å². The maximum Gasteiger partial charge on any atom is 0.323 e. The second-order valence-corrected chi connectivity index (χ2v) is 6.69. The van der Waals surface area contributed by atoms with Gasteiger partial charge in [0.1, 0.15) is 4.90 Å². The number of nitrogens with one attached hydrogen (secondary N) is 2. The molecule has 0 saturated carbocycles. The molecule has 0 fully saturated rings. The van der Waals surface area contributed by atoms with E-state index in [2.05, 4.69) is 10.6 Å². The molecule has 0 atom stereocenters. The maximum absolute atomic E-state index is 11.9. The molecule has 7 nitrogen and oxygen atoms in total. The van der Waals surface area contributed by atoms with Gasteiger partial charge in [-0.15, -0.1) is 0 Å². The van der Waals surface area contributed by atoms with Crippen molar-refractivity contribution in [3.63, 3.8) is 0 Å². The molecule has 2 amide bonds. The topological polar surface area (TPSA) is 122 Å². The number of halogens is 2. The van der Waals surface area contributed by atoms with E-state index in [-0.39, 0.29) is 10.7 Å². The molecule has 0 saturated heterocycles. The maximum atomic E-state index is 11.9. The van der Waals surface area contributed by atoms with Crippen molar-refractivity contribution >= 4 is 50.6 Å². The summed E-state index contributed by atoms with van der Waals surface area (Å²) in [5.74, 6) is -0.755. The Morgan fingerprint density at radius 3 is 2.22 bits per heavy atom. The van der Waals surface area contributed by atoms with Crippen LogP contribution < -0.4 is 15.8 Å². The monoisotopic (exact) mass is 375 g/mol. The van der Waals surface area contributed by atoms with Crippen molar-refractivity contribution in [1.82, 2.24) is 0 Å². The van der Waals surface area contributed by atoms with Gasteiger partial charge in [-0.2, -0.15) is 0 Å². The molecule has 2 aromatic carbocycles. The van der Waals surface area contributed by atoms with E-state index in [0.29, 0.717) is 10.7 Å². The van der Waals surface area contributed by atoms with Crippen molar-refractivity contribution in [2.75, 3.05) is 10.6 Å². The lowest BCUT2D eigenvalue weighted by Gasteiger charge is -2.12. The van der Waals surface area contributed by atoms with Crippen LogP contribution in [0.2, 0.25) is 10.0 Å². The van der Waals surface area contributed by atoms with Crippen LogP contribution in [0.5, 0.6) is 5.75 Å². The van der Waals surface area contributed by atoms with Gasteiger partial charge >= 0.3 is 6.03 Å². The van der Waals surface area contributed by atoms with E-state index in [4.69, 9.17) is 28.3 Å².